The SMILES string of the molecule is CC1C(CO)N(C(=O)O)CC1C(F)(F)F. The molecule has 1 amide bonds. The number of aliphatic hydroxyl groups excluding tert-OH is 1. The summed E-state index contributed by atoms with van der Waals surface area (Å²) in [6, 6.07) is -0.964. The summed E-state index contributed by atoms with van der Waals surface area (Å²) in [6.07, 6.45) is -5.84. The van der Waals surface area contributed by atoms with E-state index < -0.39 is 43.3 Å². The number of hydrogen-bond donors (Lipinski definition) is 2. The lowest BCUT2D eigenvalue weighted by atomic mass is 9.92. The molecule has 0 bridgehead atoms. The number of likely N-dealkylation sites (tertiary alicyclic amines) is 1. The van der Waals surface area contributed by atoms with Gasteiger partial charge in [0.1, 0.15) is 0 Å². The maximum absolute atomic E-state index is 12.5. The van der Waals surface area contributed by atoms with Crippen molar-refractivity contribution in [3.8, 4) is 0 Å². The molecule has 1 rings (SSSR count). The zero-order chi connectivity index (χ0) is 11.8. The summed E-state index contributed by atoms with van der Waals surface area (Å²) in [7, 11) is 0. The molecule has 1 aliphatic rings. The molecule has 4 nitrogen and oxygen atoms in total. The topological polar surface area (TPSA) is 60.8 Å². The lowest BCUT2D eigenvalue weighted by Gasteiger charge is -2.22. The minimum absolute atomic E-state index is 0.583. The van der Waals surface area contributed by atoms with E-state index in [1.54, 1.807) is 0 Å². The molecule has 0 aromatic carbocycles. The number of nitrogens with zero attached hydrogens (tertiary/aromatic N) is 1. The largest absolute Gasteiger partial charge is 0.465 e. The smallest absolute Gasteiger partial charge is 0.407 e. The Labute approximate surface area is 84.3 Å². The molecule has 1 fully saturated rings. The average Bonchev–Trinajstić information content (AvgIpc) is 2.41. The number of carboxylic acid groups (broad SMARTS) is 1. The fraction of sp³-hybridized carbons (Fsp3) is 0.875. The van der Waals surface area contributed by atoms with Crippen molar-refractivity contribution in [2.75, 3.05) is 13.2 Å². The van der Waals surface area contributed by atoms with Crippen molar-refractivity contribution < 1.29 is 28.2 Å². The van der Waals surface area contributed by atoms with Crippen molar-refractivity contribution in [2.24, 2.45) is 11.8 Å². The number of rotatable bonds is 1. The molecule has 3 atom stereocenters. The average molecular weight is 227 g/mol. The first-order valence-electron chi connectivity index (χ1n) is 4.46. The fourth-order valence-electron chi connectivity index (χ4n) is 1.95. The van der Waals surface area contributed by atoms with E-state index in [4.69, 9.17) is 10.2 Å². The van der Waals surface area contributed by atoms with Crippen molar-refractivity contribution in [3.63, 3.8) is 0 Å². The van der Waals surface area contributed by atoms with Crippen LogP contribution >= 0.6 is 0 Å². The minimum atomic E-state index is -4.42. The zero-order valence-electron chi connectivity index (χ0n) is 8.03. The molecule has 1 saturated heterocycles. The quantitative estimate of drug-likeness (QED) is 0.706. The Morgan fingerprint density at radius 1 is 1.53 bits per heavy atom. The highest BCUT2D eigenvalue weighted by Crippen LogP contribution is 2.40. The van der Waals surface area contributed by atoms with E-state index >= 15 is 0 Å². The second-order valence-corrected chi connectivity index (χ2v) is 3.69. The van der Waals surface area contributed by atoms with Crippen LogP contribution in [0.25, 0.3) is 0 Å². The third-order valence-electron chi connectivity index (χ3n) is 2.89. The summed E-state index contributed by atoms with van der Waals surface area (Å²) in [5, 5.41) is 17.5. The lowest BCUT2D eigenvalue weighted by molar-refractivity contribution is -0.179. The lowest BCUT2D eigenvalue weighted by Crippen LogP contribution is -2.38. The van der Waals surface area contributed by atoms with E-state index in [1.807, 2.05) is 0 Å². The van der Waals surface area contributed by atoms with Gasteiger partial charge in [-0.1, -0.05) is 6.92 Å². The Hall–Kier alpha value is -0.980. The van der Waals surface area contributed by atoms with Gasteiger partial charge in [0.05, 0.1) is 18.6 Å². The van der Waals surface area contributed by atoms with Crippen molar-refractivity contribution in [1.82, 2.24) is 4.90 Å². The second-order valence-electron chi connectivity index (χ2n) is 3.69. The summed E-state index contributed by atoms with van der Waals surface area (Å²) in [6.45, 7) is 0.132. The van der Waals surface area contributed by atoms with Crippen molar-refractivity contribution >= 4 is 6.09 Å². The van der Waals surface area contributed by atoms with Crippen molar-refractivity contribution in [2.45, 2.75) is 19.1 Å². The highest BCUT2D eigenvalue weighted by molar-refractivity contribution is 5.66. The molecule has 0 radical (unpaired) electrons. The Morgan fingerprint density at radius 3 is 2.33 bits per heavy atom. The molecule has 0 aromatic heterocycles. The van der Waals surface area contributed by atoms with Crippen LogP contribution in [0, 0.1) is 11.8 Å². The van der Waals surface area contributed by atoms with Gasteiger partial charge in [-0.15, -0.1) is 0 Å². The number of amides is 1. The van der Waals surface area contributed by atoms with Gasteiger partial charge in [-0.2, -0.15) is 13.2 Å². The molecule has 7 heteroatoms. The van der Waals surface area contributed by atoms with Gasteiger partial charge in [0, 0.05) is 6.54 Å². The van der Waals surface area contributed by atoms with E-state index in [9.17, 15) is 18.0 Å². The molecule has 0 aromatic rings. The monoisotopic (exact) mass is 227 g/mol. The molecule has 15 heavy (non-hydrogen) atoms. The summed E-state index contributed by atoms with van der Waals surface area (Å²) in [4.78, 5) is 11.3. The Bertz CT molecular complexity index is 256. The highest BCUT2D eigenvalue weighted by Gasteiger charge is 2.53. The van der Waals surface area contributed by atoms with Gasteiger partial charge in [-0.25, -0.2) is 4.79 Å². The van der Waals surface area contributed by atoms with Gasteiger partial charge in [-0.05, 0) is 5.92 Å². The van der Waals surface area contributed by atoms with E-state index in [2.05, 4.69) is 0 Å². The Kier molecular flexibility index (Phi) is 3.13. The van der Waals surface area contributed by atoms with E-state index in [-0.39, 0.29) is 0 Å². The Balaban J connectivity index is 2.87. The van der Waals surface area contributed by atoms with Crippen LogP contribution in [0.3, 0.4) is 0 Å². The predicted molar refractivity (Wildman–Crippen MR) is 44.3 cm³/mol. The van der Waals surface area contributed by atoms with Gasteiger partial charge in [0.15, 0.2) is 0 Å². The first kappa shape index (κ1) is 12.1. The van der Waals surface area contributed by atoms with Crippen LogP contribution in [-0.2, 0) is 0 Å². The maximum atomic E-state index is 12.5. The first-order valence-corrected chi connectivity index (χ1v) is 4.46. The van der Waals surface area contributed by atoms with Gasteiger partial charge < -0.3 is 15.1 Å². The number of alkyl halides is 3. The van der Waals surface area contributed by atoms with E-state index in [0.29, 0.717) is 4.90 Å². The number of hydrogen-bond acceptors (Lipinski definition) is 2. The van der Waals surface area contributed by atoms with Gasteiger partial charge >= 0.3 is 12.3 Å². The van der Waals surface area contributed by atoms with Crippen LogP contribution in [0.1, 0.15) is 6.92 Å². The van der Waals surface area contributed by atoms with Crippen LogP contribution in [0.5, 0.6) is 0 Å². The first-order chi connectivity index (χ1) is 6.79. The standard InChI is InChI=1S/C8H12F3NO3/c1-4-5(8(9,10)11)2-12(7(14)15)6(4)3-13/h4-6,13H,2-3H2,1H3,(H,14,15). The minimum Gasteiger partial charge on any atom is -0.465 e. The third-order valence-corrected chi connectivity index (χ3v) is 2.89. The molecule has 2 N–H and O–H groups in total. The van der Waals surface area contributed by atoms with Crippen molar-refractivity contribution in [3.05, 3.63) is 0 Å². The molecule has 1 heterocycles. The maximum Gasteiger partial charge on any atom is 0.407 e. The summed E-state index contributed by atoms with van der Waals surface area (Å²) in [5.74, 6) is -2.60. The van der Waals surface area contributed by atoms with Gasteiger partial charge in [0.25, 0.3) is 0 Å². The summed E-state index contributed by atoms with van der Waals surface area (Å²) in [5.41, 5.74) is 0. The molecular formula is C8H12F3NO3. The number of halogens is 3. The molecule has 1 aliphatic heterocycles. The van der Waals surface area contributed by atoms with Gasteiger partial charge in [0.2, 0.25) is 0 Å². The molecular weight excluding hydrogens is 215 g/mol. The molecule has 88 valence electrons. The molecule has 0 spiro atoms. The predicted octanol–water partition coefficient (Wildman–Crippen LogP) is 1.16. The van der Waals surface area contributed by atoms with E-state index in [0.717, 1.165) is 0 Å². The number of aliphatic hydroxyl groups is 1. The third kappa shape index (κ3) is 2.17. The summed E-state index contributed by atoms with van der Waals surface area (Å²) >= 11 is 0. The second kappa shape index (κ2) is 3.88. The molecule has 0 aliphatic carbocycles. The van der Waals surface area contributed by atoms with E-state index in [1.165, 1.54) is 6.92 Å². The van der Waals surface area contributed by atoms with Gasteiger partial charge in [-0.3, -0.25) is 0 Å². The normalized spacial score (nSPS) is 32.1. The summed E-state index contributed by atoms with van der Waals surface area (Å²) < 4.78 is 37.4. The van der Waals surface area contributed by atoms with Crippen LogP contribution in [0.4, 0.5) is 18.0 Å². The highest BCUT2D eigenvalue weighted by atomic mass is 19.4. The molecule has 3 unspecified atom stereocenters. The number of carbonyl (C=O) groups is 1. The van der Waals surface area contributed by atoms with Crippen LogP contribution < -0.4 is 0 Å². The van der Waals surface area contributed by atoms with Crippen LogP contribution in [-0.4, -0.2) is 46.6 Å². The van der Waals surface area contributed by atoms with Crippen LogP contribution in [0.15, 0.2) is 0 Å². The van der Waals surface area contributed by atoms with Crippen LogP contribution in [0.2, 0.25) is 0 Å². The fourth-order valence-corrected chi connectivity index (χ4v) is 1.95. The zero-order valence-corrected chi connectivity index (χ0v) is 8.03. The Morgan fingerprint density at radius 2 is 2.07 bits per heavy atom. The molecule has 0 saturated carbocycles. The van der Waals surface area contributed by atoms with Crippen molar-refractivity contribution in [1.29, 1.82) is 0 Å².